The molecule has 0 spiro atoms. The molecule has 0 radical (unpaired) electrons. The van der Waals surface area contributed by atoms with Crippen LogP contribution in [0.4, 0.5) is 23.5 Å². The first-order chi connectivity index (χ1) is 15.6. The minimum Gasteiger partial charge on any atom is -0.352 e. The summed E-state index contributed by atoms with van der Waals surface area (Å²) in [6, 6.07) is 6.00. The molecule has 9 nitrogen and oxygen atoms in total. The molecule has 1 aliphatic heterocycles. The lowest BCUT2D eigenvalue weighted by Gasteiger charge is -2.27. The quantitative estimate of drug-likeness (QED) is 0.457. The van der Waals surface area contributed by atoms with Gasteiger partial charge in [-0.3, -0.25) is 4.79 Å². The van der Waals surface area contributed by atoms with Gasteiger partial charge in [0.25, 0.3) is 5.91 Å². The van der Waals surface area contributed by atoms with E-state index in [1.54, 1.807) is 0 Å². The standard InChI is InChI=1S/C24H38N8O/c1-7-25-20(33)17-11-10-16(2)19(13-17)28-22-29-21(27-14-18-9-8-12-26-18)30-23(31-22)32(6)15-24(3,4)5/h10-11,13,18,26H,7-9,12,14-15H2,1-6H3,(H,25,33)(H2,27,28,29,30,31)/t18-/m0/s1. The molecule has 2 heterocycles. The fourth-order valence-electron chi connectivity index (χ4n) is 3.88. The first-order valence-corrected chi connectivity index (χ1v) is 11.7. The van der Waals surface area contributed by atoms with Crippen LogP contribution in [0.25, 0.3) is 0 Å². The summed E-state index contributed by atoms with van der Waals surface area (Å²) in [4.78, 5) is 28.3. The van der Waals surface area contributed by atoms with Gasteiger partial charge >= 0.3 is 0 Å². The molecule has 2 aromatic rings. The van der Waals surface area contributed by atoms with Crippen molar-refractivity contribution in [2.45, 2.75) is 53.5 Å². The van der Waals surface area contributed by atoms with Crippen molar-refractivity contribution in [1.29, 1.82) is 0 Å². The Labute approximate surface area is 197 Å². The van der Waals surface area contributed by atoms with E-state index in [2.05, 4.69) is 57.0 Å². The Hall–Kier alpha value is -2.94. The zero-order valence-electron chi connectivity index (χ0n) is 20.7. The second-order valence-corrected chi connectivity index (χ2v) is 9.89. The molecule has 3 rings (SSSR count). The number of amides is 1. The van der Waals surface area contributed by atoms with Gasteiger partial charge in [0.2, 0.25) is 17.8 Å². The van der Waals surface area contributed by atoms with Crippen LogP contribution in [0, 0.1) is 12.3 Å². The van der Waals surface area contributed by atoms with E-state index in [1.165, 1.54) is 6.42 Å². The average Bonchev–Trinajstić information content (AvgIpc) is 3.26. The lowest BCUT2D eigenvalue weighted by molar-refractivity contribution is 0.0956. The van der Waals surface area contributed by atoms with E-state index in [9.17, 15) is 4.79 Å². The molecule has 1 amide bonds. The highest BCUT2D eigenvalue weighted by atomic mass is 16.1. The highest BCUT2D eigenvalue weighted by Gasteiger charge is 2.19. The van der Waals surface area contributed by atoms with Crippen LogP contribution >= 0.6 is 0 Å². The van der Waals surface area contributed by atoms with E-state index >= 15 is 0 Å². The topological polar surface area (TPSA) is 107 Å². The molecule has 0 bridgehead atoms. The van der Waals surface area contributed by atoms with Crippen LogP contribution in [0.15, 0.2) is 18.2 Å². The summed E-state index contributed by atoms with van der Waals surface area (Å²) in [5.41, 5.74) is 2.47. The summed E-state index contributed by atoms with van der Waals surface area (Å²) in [5, 5.41) is 13.0. The number of hydrogen-bond donors (Lipinski definition) is 4. The van der Waals surface area contributed by atoms with E-state index in [1.807, 2.05) is 44.0 Å². The Kier molecular flexibility index (Phi) is 8.07. The van der Waals surface area contributed by atoms with Crippen LogP contribution in [0.1, 0.15) is 56.5 Å². The number of carbonyl (C=O) groups is 1. The number of anilines is 4. The summed E-state index contributed by atoms with van der Waals surface area (Å²) < 4.78 is 0. The predicted molar refractivity (Wildman–Crippen MR) is 135 cm³/mol. The van der Waals surface area contributed by atoms with Gasteiger partial charge in [-0.1, -0.05) is 26.8 Å². The Bertz CT molecular complexity index is 950. The molecular formula is C24H38N8O. The molecule has 9 heteroatoms. The molecule has 1 aromatic carbocycles. The summed E-state index contributed by atoms with van der Waals surface area (Å²) >= 11 is 0. The van der Waals surface area contributed by atoms with Gasteiger partial charge < -0.3 is 26.2 Å². The third kappa shape index (κ3) is 7.28. The number of aromatic nitrogens is 3. The lowest BCUT2D eigenvalue weighted by Crippen LogP contribution is -2.32. The van der Waals surface area contributed by atoms with Crippen LogP contribution in [0.5, 0.6) is 0 Å². The number of hydrogen-bond acceptors (Lipinski definition) is 8. The Balaban J connectivity index is 1.87. The summed E-state index contributed by atoms with van der Waals surface area (Å²) in [6.45, 7) is 13.6. The van der Waals surface area contributed by atoms with Crippen LogP contribution < -0.4 is 26.2 Å². The van der Waals surface area contributed by atoms with Gasteiger partial charge in [-0.15, -0.1) is 0 Å². The average molecular weight is 455 g/mol. The van der Waals surface area contributed by atoms with E-state index in [4.69, 9.17) is 0 Å². The first-order valence-electron chi connectivity index (χ1n) is 11.7. The Morgan fingerprint density at radius 2 is 1.97 bits per heavy atom. The van der Waals surface area contributed by atoms with Gasteiger partial charge in [-0.25, -0.2) is 0 Å². The molecule has 1 aliphatic rings. The van der Waals surface area contributed by atoms with E-state index < -0.39 is 0 Å². The number of rotatable bonds is 9. The predicted octanol–water partition coefficient (Wildman–Crippen LogP) is 3.32. The molecule has 180 valence electrons. The smallest absolute Gasteiger partial charge is 0.251 e. The minimum atomic E-state index is -0.104. The van der Waals surface area contributed by atoms with Gasteiger partial charge in [-0.05, 0) is 56.3 Å². The monoisotopic (exact) mass is 454 g/mol. The first kappa shape index (κ1) is 24.7. The second-order valence-electron chi connectivity index (χ2n) is 9.89. The Morgan fingerprint density at radius 3 is 2.64 bits per heavy atom. The van der Waals surface area contributed by atoms with E-state index in [0.717, 1.165) is 37.3 Å². The normalized spacial score (nSPS) is 15.9. The summed E-state index contributed by atoms with van der Waals surface area (Å²) in [7, 11) is 1.99. The van der Waals surface area contributed by atoms with Crippen molar-refractivity contribution in [1.82, 2.24) is 25.6 Å². The van der Waals surface area contributed by atoms with Crippen molar-refractivity contribution < 1.29 is 4.79 Å². The SMILES string of the molecule is CCNC(=O)c1ccc(C)c(Nc2nc(NC[C@@H]3CCCN3)nc(N(C)CC(C)(C)C)n2)c1. The molecule has 1 saturated heterocycles. The number of carbonyl (C=O) groups excluding carboxylic acids is 1. The maximum atomic E-state index is 12.3. The summed E-state index contributed by atoms with van der Waals surface area (Å²) in [6.07, 6.45) is 2.34. The number of nitrogens with zero attached hydrogens (tertiary/aromatic N) is 4. The highest BCUT2D eigenvalue weighted by molar-refractivity contribution is 5.95. The molecule has 1 fully saturated rings. The molecule has 0 saturated carbocycles. The maximum Gasteiger partial charge on any atom is 0.251 e. The number of benzene rings is 1. The third-order valence-corrected chi connectivity index (χ3v) is 5.43. The minimum absolute atomic E-state index is 0.0912. The third-order valence-electron chi connectivity index (χ3n) is 5.43. The van der Waals surface area contributed by atoms with Crippen LogP contribution in [0.2, 0.25) is 0 Å². The van der Waals surface area contributed by atoms with Crippen molar-refractivity contribution in [3.05, 3.63) is 29.3 Å². The Morgan fingerprint density at radius 1 is 1.21 bits per heavy atom. The molecule has 4 N–H and O–H groups in total. The van der Waals surface area contributed by atoms with Crippen molar-refractivity contribution in [2.75, 3.05) is 48.8 Å². The molecule has 1 aromatic heterocycles. The number of nitrogens with one attached hydrogen (secondary N) is 4. The largest absolute Gasteiger partial charge is 0.352 e. The summed E-state index contributed by atoms with van der Waals surface area (Å²) in [5.74, 6) is 1.48. The van der Waals surface area contributed by atoms with Crippen molar-refractivity contribution in [3.8, 4) is 0 Å². The van der Waals surface area contributed by atoms with Crippen molar-refractivity contribution in [2.24, 2.45) is 5.41 Å². The molecular weight excluding hydrogens is 416 g/mol. The fourth-order valence-corrected chi connectivity index (χ4v) is 3.88. The van der Waals surface area contributed by atoms with Crippen LogP contribution in [-0.4, -0.2) is 60.1 Å². The molecule has 0 unspecified atom stereocenters. The fraction of sp³-hybridized carbons (Fsp3) is 0.583. The van der Waals surface area contributed by atoms with Gasteiger partial charge in [0.1, 0.15) is 0 Å². The van der Waals surface area contributed by atoms with Crippen molar-refractivity contribution in [3.63, 3.8) is 0 Å². The van der Waals surface area contributed by atoms with Gasteiger partial charge in [0.15, 0.2) is 0 Å². The van der Waals surface area contributed by atoms with Gasteiger partial charge in [-0.2, -0.15) is 15.0 Å². The van der Waals surface area contributed by atoms with Crippen LogP contribution in [0.3, 0.4) is 0 Å². The molecule has 1 atom stereocenters. The van der Waals surface area contributed by atoms with Gasteiger partial charge in [0, 0.05) is 44.0 Å². The second kappa shape index (κ2) is 10.8. The van der Waals surface area contributed by atoms with E-state index in [0.29, 0.717) is 36.0 Å². The molecule has 33 heavy (non-hydrogen) atoms. The van der Waals surface area contributed by atoms with Gasteiger partial charge in [0.05, 0.1) is 0 Å². The van der Waals surface area contributed by atoms with Crippen LogP contribution in [-0.2, 0) is 0 Å². The maximum absolute atomic E-state index is 12.3. The zero-order chi connectivity index (χ0) is 24.0. The highest BCUT2D eigenvalue weighted by Crippen LogP contribution is 2.24. The molecule has 0 aliphatic carbocycles. The lowest BCUT2D eigenvalue weighted by atomic mass is 9.96. The zero-order valence-corrected chi connectivity index (χ0v) is 20.7. The number of aryl methyl sites for hydroxylation is 1. The van der Waals surface area contributed by atoms with Crippen molar-refractivity contribution >= 4 is 29.4 Å². The van der Waals surface area contributed by atoms with E-state index in [-0.39, 0.29) is 11.3 Å².